The fraction of sp³-hybridized carbons (Fsp3) is 0.375. The molecule has 0 saturated heterocycles. The molecule has 0 bridgehead atoms. The Kier molecular flexibility index (Phi) is 3.60. The predicted octanol–water partition coefficient (Wildman–Crippen LogP) is 1.54. The number of hydrogen-bond donors (Lipinski definition) is 2. The largest absolute Gasteiger partial charge is 0.391 e. The van der Waals surface area contributed by atoms with Gasteiger partial charge in [-0.1, -0.05) is 0 Å². The van der Waals surface area contributed by atoms with Crippen LogP contribution in [0.5, 0.6) is 0 Å². The minimum absolute atomic E-state index is 0.0325. The lowest BCUT2D eigenvalue weighted by atomic mass is 10.1. The molecule has 0 spiro atoms. The van der Waals surface area contributed by atoms with Gasteiger partial charge in [0.05, 0.1) is 18.2 Å². The minimum Gasteiger partial charge on any atom is -0.391 e. The molecule has 1 heterocycles. The van der Waals surface area contributed by atoms with E-state index >= 15 is 0 Å². The number of hydrogen-bond acceptors (Lipinski definition) is 2. The van der Waals surface area contributed by atoms with Crippen molar-refractivity contribution in [1.29, 1.82) is 0 Å². The van der Waals surface area contributed by atoms with E-state index in [1.165, 1.54) is 0 Å². The molecule has 0 atom stereocenters. The Morgan fingerprint density at radius 2 is 2.21 bits per heavy atom. The van der Waals surface area contributed by atoms with Crippen LogP contribution in [0, 0.1) is 0 Å². The molecule has 1 aromatic rings. The number of alkyl halides is 3. The van der Waals surface area contributed by atoms with Crippen molar-refractivity contribution in [3.8, 4) is 0 Å². The highest BCUT2D eigenvalue weighted by atomic mass is 35.5. The fourth-order valence-corrected chi connectivity index (χ4v) is 1.34. The Morgan fingerprint density at radius 3 is 2.64 bits per heavy atom. The number of aromatic amines is 1. The smallest absolute Gasteiger partial charge is 0.278 e. The standard InChI is InChI=1S/C8H8ClF2NO2/c9-1-5-6(8(10)11)12-2-4(3-13)7(5)14/h2,8,13H,1,3H2,(H,12,14). The van der Waals surface area contributed by atoms with Gasteiger partial charge >= 0.3 is 0 Å². The van der Waals surface area contributed by atoms with Crippen LogP contribution in [0.25, 0.3) is 0 Å². The molecule has 0 unspecified atom stereocenters. The summed E-state index contributed by atoms with van der Waals surface area (Å²) in [5, 5.41) is 8.72. The van der Waals surface area contributed by atoms with Gasteiger partial charge in [-0.2, -0.15) is 0 Å². The zero-order valence-corrected chi connectivity index (χ0v) is 7.81. The molecule has 6 heteroatoms. The van der Waals surface area contributed by atoms with E-state index in [-0.39, 0.29) is 17.0 Å². The number of halogens is 3. The SMILES string of the molecule is O=c1c(CO)c[nH]c(C(F)F)c1CCl. The summed E-state index contributed by atoms with van der Waals surface area (Å²) in [5.74, 6) is -0.303. The zero-order valence-electron chi connectivity index (χ0n) is 7.06. The summed E-state index contributed by atoms with van der Waals surface area (Å²) < 4.78 is 24.7. The van der Waals surface area contributed by atoms with Crippen molar-refractivity contribution in [2.75, 3.05) is 0 Å². The summed E-state index contributed by atoms with van der Waals surface area (Å²) in [5.41, 5.74) is -1.27. The lowest BCUT2D eigenvalue weighted by Gasteiger charge is -2.06. The summed E-state index contributed by atoms with van der Waals surface area (Å²) in [4.78, 5) is 13.6. The number of aliphatic hydroxyl groups excluding tert-OH is 1. The van der Waals surface area contributed by atoms with Gasteiger partial charge < -0.3 is 10.1 Å². The first-order valence-electron chi connectivity index (χ1n) is 3.80. The van der Waals surface area contributed by atoms with Crippen LogP contribution in [0.1, 0.15) is 23.2 Å². The molecule has 78 valence electrons. The van der Waals surface area contributed by atoms with Gasteiger partial charge in [0, 0.05) is 17.3 Å². The van der Waals surface area contributed by atoms with Gasteiger partial charge in [0.15, 0.2) is 5.43 Å². The highest BCUT2D eigenvalue weighted by Crippen LogP contribution is 2.19. The first-order valence-corrected chi connectivity index (χ1v) is 4.33. The van der Waals surface area contributed by atoms with Crippen molar-refractivity contribution in [3.05, 3.63) is 33.2 Å². The second-order valence-electron chi connectivity index (χ2n) is 2.63. The third-order valence-corrected chi connectivity index (χ3v) is 2.08. The molecule has 0 saturated carbocycles. The van der Waals surface area contributed by atoms with E-state index in [1.54, 1.807) is 0 Å². The van der Waals surface area contributed by atoms with Crippen molar-refractivity contribution < 1.29 is 13.9 Å². The number of rotatable bonds is 3. The maximum absolute atomic E-state index is 12.3. The maximum atomic E-state index is 12.3. The van der Waals surface area contributed by atoms with E-state index in [0.29, 0.717) is 0 Å². The van der Waals surface area contributed by atoms with E-state index in [2.05, 4.69) is 4.98 Å². The average Bonchev–Trinajstić information content (AvgIpc) is 2.17. The molecule has 0 aliphatic heterocycles. The molecule has 0 aromatic carbocycles. The predicted molar refractivity (Wildman–Crippen MR) is 47.5 cm³/mol. The molecule has 1 rings (SSSR count). The summed E-state index contributed by atoms with van der Waals surface area (Å²) in [6.07, 6.45) is -1.70. The molecule has 1 aromatic heterocycles. The van der Waals surface area contributed by atoms with Crippen LogP contribution in [0.15, 0.2) is 11.0 Å². The summed E-state index contributed by atoms with van der Waals surface area (Å²) in [6, 6.07) is 0. The third kappa shape index (κ3) is 1.93. The molecule has 0 fully saturated rings. The van der Waals surface area contributed by atoms with Gasteiger partial charge in [-0.05, 0) is 0 Å². The third-order valence-electron chi connectivity index (χ3n) is 1.81. The van der Waals surface area contributed by atoms with Crippen molar-refractivity contribution >= 4 is 11.6 Å². The van der Waals surface area contributed by atoms with E-state index < -0.39 is 24.2 Å². The quantitative estimate of drug-likeness (QED) is 0.764. The molecule has 0 amide bonds. The zero-order chi connectivity index (χ0) is 10.7. The maximum Gasteiger partial charge on any atom is 0.278 e. The van der Waals surface area contributed by atoms with Crippen LogP contribution < -0.4 is 5.43 Å². The average molecular weight is 224 g/mol. The Labute approximate surface area is 83.3 Å². The molecular formula is C8H8ClF2NO2. The minimum atomic E-state index is -2.77. The number of nitrogens with one attached hydrogen (secondary N) is 1. The van der Waals surface area contributed by atoms with Crippen LogP contribution in [-0.2, 0) is 12.5 Å². The number of H-pyrrole nitrogens is 1. The van der Waals surface area contributed by atoms with Gasteiger partial charge in [-0.25, -0.2) is 8.78 Å². The van der Waals surface area contributed by atoms with Crippen molar-refractivity contribution in [3.63, 3.8) is 0 Å². The van der Waals surface area contributed by atoms with Crippen molar-refractivity contribution in [2.45, 2.75) is 18.9 Å². The highest BCUT2D eigenvalue weighted by Gasteiger charge is 2.17. The molecule has 2 N–H and O–H groups in total. The van der Waals surface area contributed by atoms with Crippen LogP contribution in [0.4, 0.5) is 8.78 Å². The van der Waals surface area contributed by atoms with Crippen LogP contribution in [-0.4, -0.2) is 10.1 Å². The molecule has 0 aliphatic carbocycles. The van der Waals surface area contributed by atoms with Crippen LogP contribution in [0.3, 0.4) is 0 Å². The normalized spacial score (nSPS) is 10.9. The van der Waals surface area contributed by atoms with Gasteiger partial charge in [-0.3, -0.25) is 4.79 Å². The number of aromatic nitrogens is 1. The Hall–Kier alpha value is -0.940. The highest BCUT2D eigenvalue weighted by molar-refractivity contribution is 6.17. The number of pyridine rings is 1. The van der Waals surface area contributed by atoms with E-state index in [0.717, 1.165) is 6.20 Å². The molecule has 3 nitrogen and oxygen atoms in total. The van der Waals surface area contributed by atoms with Crippen molar-refractivity contribution in [2.24, 2.45) is 0 Å². The lowest BCUT2D eigenvalue weighted by Crippen LogP contribution is -2.17. The Bertz CT molecular complexity index is 378. The Balaban J connectivity index is 3.36. The first-order chi connectivity index (χ1) is 6.61. The van der Waals surface area contributed by atoms with E-state index in [1.807, 2.05) is 0 Å². The second kappa shape index (κ2) is 4.52. The van der Waals surface area contributed by atoms with E-state index in [9.17, 15) is 13.6 Å². The second-order valence-corrected chi connectivity index (χ2v) is 2.89. The summed E-state index contributed by atoms with van der Waals surface area (Å²) in [7, 11) is 0. The fourth-order valence-electron chi connectivity index (χ4n) is 1.08. The molecule has 14 heavy (non-hydrogen) atoms. The lowest BCUT2D eigenvalue weighted by molar-refractivity contribution is 0.144. The monoisotopic (exact) mass is 223 g/mol. The van der Waals surface area contributed by atoms with Crippen LogP contribution in [0.2, 0.25) is 0 Å². The Morgan fingerprint density at radius 1 is 1.57 bits per heavy atom. The van der Waals surface area contributed by atoms with Gasteiger partial charge in [0.1, 0.15) is 0 Å². The number of aliphatic hydroxyl groups is 1. The van der Waals surface area contributed by atoms with E-state index in [4.69, 9.17) is 16.7 Å². The van der Waals surface area contributed by atoms with Crippen molar-refractivity contribution in [1.82, 2.24) is 4.98 Å². The molecule has 0 aliphatic rings. The molecular weight excluding hydrogens is 216 g/mol. The topological polar surface area (TPSA) is 53.1 Å². The van der Waals surface area contributed by atoms with Gasteiger partial charge in [0.25, 0.3) is 6.43 Å². The summed E-state index contributed by atoms with van der Waals surface area (Å²) in [6.45, 7) is -0.497. The first kappa shape index (κ1) is 11.1. The van der Waals surface area contributed by atoms with Gasteiger partial charge in [-0.15, -0.1) is 11.6 Å². The van der Waals surface area contributed by atoms with Gasteiger partial charge in [0.2, 0.25) is 0 Å². The summed E-state index contributed by atoms with van der Waals surface area (Å²) >= 11 is 5.38. The molecule has 0 radical (unpaired) electrons. The van der Waals surface area contributed by atoms with Crippen LogP contribution >= 0.6 is 11.6 Å².